The lowest BCUT2D eigenvalue weighted by atomic mass is 10.1. The van der Waals surface area contributed by atoms with Gasteiger partial charge in [-0.15, -0.1) is 0 Å². The fourth-order valence-electron chi connectivity index (χ4n) is 1.88. The SMILES string of the molecule is CCCC(=O)O.CN[C@@H](CCCC(=O)O)C(=O)NCC(=O)NCCOCCN. The van der Waals surface area contributed by atoms with E-state index in [1.54, 1.807) is 7.05 Å². The van der Waals surface area contributed by atoms with Crippen LogP contribution in [0.5, 0.6) is 0 Å². The average molecular weight is 406 g/mol. The zero-order chi connectivity index (χ0) is 21.8. The van der Waals surface area contributed by atoms with E-state index in [1.807, 2.05) is 6.92 Å². The molecule has 1 atom stereocenters. The molecule has 0 fully saturated rings. The molecule has 0 aliphatic carbocycles. The van der Waals surface area contributed by atoms with E-state index >= 15 is 0 Å². The lowest BCUT2D eigenvalue weighted by molar-refractivity contribution is -0.138. The van der Waals surface area contributed by atoms with Crippen LogP contribution in [0.25, 0.3) is 0 Å². The largest absolute Gasteiger partial charge is 0.481 e. The molecule has 0 rings (SSSR count). The first kappa shape index (κ1) is 28.0. The highest BCUT2D eigenvalue weighted by atomic mass is 16.5. The van der Waals surface area contributed by atoms with Gasteiger partial charge < -0.3 is 36.6 Å². The first-order chi connectivity index (χ1) is 13.3. The summed E-state index contributed by atoms with van der Waals surface area (Å²) in [7, 11) is 1.61. The Morgan fingerprint density at radius 3 is 2.14 bits per heavy atom. The summed E-state index contributed by atoms with van der Waals surface area (Å²) in [5, 5.41) is 24.4. The number of hydrogen-bond donors (Lipinski definition) is 6. The van der Waals surface area contributed by atoms with Crippen LogP contribution in [0.4, 0.5) is 0 Å². The molecule has 0 aromatic rings. The molecular formula is C17H34N4O7. The number of carboxylic acid groups (broad SMARTS) is 2. The Morgan fingerprint density at radius 2 is 1.68 bits per heavy atom. The Bertz CT molecular complexity index is 461. The van der Waals surface area contributed by atoms with Gasteiger partial charge in [0.05, 0.1) is 25.8 Å². The number of nitrogens with one attached hydrogen (secondary N) is 3. The third-order valence-corrected chi connectivity index (χ3v) is 3.27. The maximum atomic E-state index is 11.8. The zero-order valence-electron chi connectivity index (χ0n) is 16.7. The van der Waals surface area contributed by atoms with Crippen molar-refractivity contribution in [2.45, 2.75) is 45.1 Å². The van der Waals surface area contributed by atoms with Crippen molar-refractivity contribution in [2.75, 3.05) is 39.9 Å². The maximum Gasteiger partial charge on any atom is 0.303 e. The standard InChI is InChI=1S/C13H26N4O5.C4H8O2/c1-15-10(3-2-4-12(19)20)13(21)17-9-11(18)16-6-8-22-7-5-14;1-2-3-4(5)6/h10,15H,2-9,14H2,1H3,(H,16,18)(H,17,21)(H,19,20);2-3H2,1H3,(H,5,6)/t10-;/m0./s1. The molecule has 0 spiro atoms. The van der Waals surface area contributed by atoms with E-state index in [1.165, 1.54) is 0 Å². The smallest absolute Gasteiger partial charge is 0.303 e. The van der Waals surface area contributed by atoms with Crippen LogP contribution < -0.4 is 21.7 Å². The van der Waals surface area contributed by atoms with Crippen LogP contribution in [0.1, 0.15) is 39.0 Å². The van der Waals surface area contributed by atoms with E-state index in [2.05, 4.69) is 16.0 Å². The van der Waals surface area contributed by atoms with Crippen molar-refractivity contribution in [1.29, 1.82) is 0 Å². The number of rotatable bonds is 15. The summed E-state index contributed by atoms with van der Waals surface area (Å²) in [4.78, 5) is 43.3. The lowest BCUT2D eigenvalue weighted by Gasteiger charge is -2.15. The molecule has 7 N–H and O–H groups in total. The van der Waals surface area contributed by atoms with E-state index in [9.17, 15) is 19.2 Å². The Hall–Kier alpha value is -2.24. The molecule has 11 nitrogen and oxygen atoms in total. The average Bonchev–Trinajstić information content (AvgIpc) is 2.63. The van der Waals surface area contributed by atoms with Crippen LogP contribution in [0.3, 0.4) is 0 Å². The monoisotopic (exact) mass is 406 g/mol. The molecule has 0 saturated carbocycles. The van der Waals surface area contributed by atoms with Crippen molar-refractivity contribution in [3.8, 4) is 0 Å². The Balaban J connectivity index is 0. The van der Waals surface area contributed by atoms with E-state index < -0.39 is 18.0 Å². The summed E-state index contributed by atoms with van der Waals surface area (Å²) in [6.07, 6.45) is 1.81. The van der Waals surface area contributed by atoms with Gasteiger partial charge >= 0.3 is 11.9 Å². The minimum absolute atomic E-state index is 0.00868. The lowest BCUT2D eigenvalue weighted by Crippen LogP contribution is -2.46. The molecular weight excluding hydrogens is 372 g/mol. The number of hydrogen-bond acceptors (Lipinski definition) is 7. The van der Waals surface area contributed by atoms with Crippen LogP contribution in [-0.4, -0.2) is 79.9 Å². The summed E-state index contributed by atoms with van der Waals surface area (Å²) >= 11 is 0. The van der Waals surface area contributed by atoms with Crippen molar-refractivity contribution >= 4 is 23.8 Å². The van der Waals surface area contributed by atoms with Crippen molar-refractivity contribution in [1.82, 2.24) is 16.0 Å². The molecule has 11 heteroatoms. The summed E-state index contributed by atoms with van der Waals surface area (Å²) in [6.45, 7) is 3.29. The predicted molar refractivity (Wildman–Crippen MR) is 103 cm³/mol. The van der Waals surface area contributed by atoms with Gasteiger partial charge in [-0.25, -0.2) is 0 Å². The fraction of sp³-hybridized carbons (Fsp3) is 0.765. The van der Waals surface area contributed by atoms with Gasteiger partial charge in [-0.3, -0.25) is 19.2 Å². The molecule has 0 radical (unpaired) electrons. The van der Waals surface area contributed by atoms with Crippen LogP contribution in [0, 0.1) is 0 Å². The normalized spacial score (nSPS) is 11.0. The van der Waals surface area contributed by atoms with Gasteiger partial charge in [0.2, 0.25) is 11.8 Å². The highest BCUT2D eigenvalue weighted by Crippen LogP contribution is 2.01. The topological polar surface area (TPSA) is 180 Å². The number of amides is 2. The minimum atomic E-state index is -0.897. The van der Waals surface area contributed by atoms with Gasteiger partial charge in [0.1, 0.15) is 0 Å². The van der Waals surface area contributed by atoms with Gasteiger partial charge in [0.25, 0.3) is 0 Å². The van der Waals surface area contributed by atoms with Gasteiger partial charge in [-0.2, -0.15) is 0 Å². The summed E-state index contributed by atoms with van der Waals surface area (Å²) in [6, 6.07) is -0.514. The molecule has 0 heterocycles. The first-order valence-electron chi connectivity index (χ1n) is 9.21. The number of carboxylic acids is 2. The third kappa shape index (κ3) is 20.1. The van der Waals surface area contributed by atoms with E-state index in [0.29, 0.717) is 45.6 Å². The summed E-state index contributed by atoms with van der Waals surface area (Å²) in [5.41, 5.74) is 5.25. The number of carbonyl (C=O) groups is 4. The third-order valence-electron chi connectivity index (χ3n) is 3.27. The van der Waals surface area contributed by atoms with Crippen LogP contribution in [0.15, 0.2) is 0 Å². The quantitative estimate of drug-likeness (QED) is 0.184. The minimum Gasteiger partial charge on any atom is -0.481 e. The predicted octanol–water partition coefficient (Wildman–Crippen LogP) is -1.09. The Kier molecular flexibility index (Phi) is 19.5. The van der Waals surface area contributed by atoms with Crippen molar-refractivity contribution in [2.24, 2.45) is 5.73 Å². The summed E-state index contributed by atoms with van der Waals surface area (Å²) in [5.74, 6) is -2.25. The molecule has 0 aliphatic rings. The van der Waals surface area contributed by atoms with Crippen molar-refractivity contribution in [3.05, 3.63) is 0 Å². The molecule has 0 aromatic carbocycles. The number of aliphatic carboxylic acids is 2. The van der Waals surface area contributed by atoms with Crippen LogP contribution in [-0.2, 0) is 23.9 Å². The van der Waals surface area contributed by atoms with Gasteiger partial charge in [-0.1, -0.05) is 6.92 Å². The number of carbonyl (C=O) groups excluding carboxylic acids is 2. The zero-order valence-corrected chi connectivity index (χ0v) is 16.7. The van der Waals surface area contributed by atoms with Crippen molar-refractivity contribution in [3.63, 3.8) is 0 Å². The molecule has 0 unspecified atom stereocenters. The van der Waals surface area contributed by atoms with E-state index in [4.69, 9.17) is 20.7 Å². The highest BCUT2D eigenvalue weighted by Gasteiger charge is 2.17. The molecule has 0 aromatic heterocycles. The molecule has 2 amide bonds. The number of nitrogens with two attached hydrogens (primary N) is 1. The molecule has 164 valence electrons. The molecule has 0 saturated heterocycles. The van der Waals surface area contributed by atoms with Gasteiger partial charge in [0, 0.05) is 25.9 Å². The van der Waals surface area contributed by atoms with Crippen LogP contribution in [0.2, 0.25) is 0 Å². The second-order valence-electron chi connectivity index (χ2n) is 5.74. The second-order valence-corrected chi connectivity index (χ2v) is 5.74. The number of ether oxygens (including phenoxy) is 1. The van der Waals surface area contributed by atoms with E-state index in [-0.39, 0.29) is 24.8 Å². The molecule has 0 aliphatic heterocycles. The van der Waals surface area contributed by atoms with Crippen LogP contribution >= 0.6 is 0 Å². The summed E-state index contributed by atoms with van der Waals surface area (Å²) < 4.78 is 5.09. The van der Waals surface area contributed by atoms with E-state index in [0.717, 1.165) is 6.42 Å². The number of likely N-dealkylation sites (N-methyl/N-ethyl adjacent to an activating group) is 1. The van der Waals surface area contributed by atoms with Crippen molar-refractivity contribution < 1.29 is 34.1 Å². The van der Waals surface area contributed by atoms with Gasteiger partial charge in [0.15, 0.2) is 0 Å². The first-order valence-corrected chi connectivity index (χ1v) is 9.21. The molecule has 28 heavy (non-hydrogen) atoms. The second kappa shape index (κ2) is 19.5. The Morgan fingerprint density at radius 1 is 1.04 bits per heavy atom. The molecule has 0 bridgehead atoms. The highest BCUT2D eigenvalue weighted by molar-refractivity contribution is 5.87. The Labute approximate surface area is 165 Å². The van der Waals surface area contributed by atoms with Gasteiger partial charge in [-0.05, 0) is 26.3 Å². The maximum absolute atomic E-state index is 11.8. The fourth-order valence-corrected chi connectivity index (χ4v) is 1.88.